The van der Waals surface area contributed by atoms with Crippen LogP contribution in [0.4, 0.5) is 11.4 Å². The number of carbonyl (C=O) groups excluding carboxylic acids is 2. The van der Waals surface area contributed by atoms with Crippen LogP contribution in [0.2, 0.25) is 0 Å². The summed E-state index contributed by atoms with van der Waals surface area (Å²) in [5.41, 5.74) is 2.29. The lowest BCUT2D eigenvalue weighted by Crippen LogP contribution is -2.31. The van der Waals surface area contributed by atoms with Crippen LogP contribution in [0.3, 0.4) is 0 Å². The summed E-state index contributed by atoms with van der Waals surface area (Å²) >= 11 is 0. The van der Waals surface area contributed by atoms with E-state index in [2.05, 4.69) is 10.6 Å². The van der Waals surface area contributed by atoms with Crippen LogP contribution in [-0.2, 0) is 4.79 Å². The van der Waals surface area contributed by atoms with Crippen molar-refractivity contribution in [1.29, 1.82) is 0 Å². The summed E-state index contributed by atoms with van der Waals surface area (Å²) in [4.78, 5) is 27.1. The lowest BCUT2D eigenvalue weighted by molar-refractivity contribution is -0.118. The van der Waals surface area contributed by atoms with Crippen LogP contribution in [0.5, 0.6) is 0 Å². The van der Waals surface area contributed by atoms with Crippen molar-refractivity contribution < 1.29 is 9.59 Å². The molecule has 1 unspecified atom stereocenters. The van der Waals surface area contributed by atoms with Gasteiger partial charge in [-0.05, 0) is 68.1 Å². The Balaban J connectivity index is 1.43. The maximum Gasteiger partial charge on any atom is 0.258 e. The molecule has 1 saturated heterocycles. The molecule has 2 aromatic carbocycles. The van der Waals surface area contributed by atoms with Crippen molar-refractivity contribution in [3.05, 3.63) is 60.2 Å². The molecule has 2 N–H and O–H groups in total. The summed E-state index contributed by atoms with van der Waals surface area (Å²) in [6.45, 7) is 2.00. The molecule has 5 heteroatoms. The summed E-state index contributed by atoms with van der Waals surface area (Å²) in [6.07, 6.45) is 3.13. The van der Waals surface area contributed by atoms with Crippen molar-refractivity contribution in [2.45, 2.75) is 19.3 Å². The van der Waals surface area contributed by atoms with Gasteiger partial charge in [-0.3, -0.25) is 9.59 Å². The van der Waals surface area contributed by atoms with Gasteiger partial charge < -0.3 is 15.5 Å². The second kappa shape index (κ2) is 7.16. The van der Waals surface area contributed by atoms with Gasteiger partial charge >= 0.3 is 0 Å². The quantitative estimate of drug-likeness (QED) is 0.876. The number of hydrogen-bond acceptors (Lipinski definition) is 3. The minimum Gasteiger partial charge on any atom is -0.326 e. The predicted octanol–water partition coefficient (Wildman–Crippen LogP) is 3.29. The van der Waals surface area contributed by atoms with E-state index in [-0.39, 0.29) is 23.1 Å². The van der Waals surface area contributed by atoms with E-state index in [4.69, 9.17) is 0 Å². The van der Waals surface area contributed by atoms with Crippen LogP contribution in [0, 0.1) is 11.3 Å². The number of nitrogens with one attached hydrogen (secondary N) is 2. The molecular formula is C22H25N3O2. The molecule has 140 valence electrons. The third-order valence-corrected chi connectivity index (χ3v) is 5.93. The van der Waals surface area contributed by atoms with Gasteiger partial charge in [-0.2, -0.15) is 0 Å². The Labute approximate surface area is 159 Å². The first-order chi connectivity index (χ1) is 13.1. The molecule has 0 radical (unpaired) electrons. The van der Waals surface area contributed by atoms with Crippen LogP contribution in [0.15, 0.2) is 54.6 Å². The number of carbonyl (C=O) groups is 2. The molecule has 4 rings (SSSR count). The van der Waals surface area contributed by atoms with Gasteiger partial charge in [0, 0.05) is 29.9 Å². The van der Waals surface area contributed by atoms with E-state index in [0.29, 0.717) is 11.3 Å². The van der Waals surface area contributed by atoms with Gasteiger partial charge in [0.15, 0.2) is 0 Å². The molecule has 2 fully saturated rings. The number of nitrogens with zero attached hydrogens (tertiary/aromatic N) is 1. The number of rotatable bonds is 4. The SMILES string of the molecule is CN(C(=O)c1cccc(NC(=O)C2CC23CCNCC3)c1)c1ccccc1. The van der Waals surface area contributed by atoms with E-state index in [0.717, 1.165) is 38.0 Å². The van der Waals surface area contributed by atoms with Crippen LogP contribution >= 0.6 is 0 Å². The first-order valence-corrected chi connectivity index (χ1v) is 9.54. The van der Waals surface area contributed by atoms with Crippen molar-refractivity contribution >= 4 is 23.2 Å². The highest BCUT2D eigenvalue weighted by Gasteiger charge is 2.57. The van der Waals surface area contributed by atoms with Gasteiger partial charge in [0.1, 0.15) is 0 Å². The molecule has 1 atom stereocenters. The molecule has 2 aliphatic rings. The van der Waals surface area contributed by atoms with Gasteiger partial charge in [0.25, 0.3) is 5.91 Å². The molecule has 1 heterocycles. The fourth-order valence-electron chi connectivity index (χ4n) is 4.12. The zero-order valence-electron chi connectivity index (χ0n) is 15.6. The van der Waals surface area contributed by atoms with E-state index < -0.39 is 0 Å². The third-order valence-electron chi connectivity index (χ3n) is 5.93. The van der Waals surface area contributed by atoms with Crippen LogP contribution < -0.4 is 15.5 Å². The molecule has 0 bridgehead atoms. The smallest absolute Gasteiger partial charge is 0.258 e. The van der Waals surface area contributed by atoms with Gasteiger partial charge in [0.2, 0.25) is 5.91 Å². The van der Waals surface area contributed by atoms with Crippen LogP contribution in [0.1, 0.15) is 29.6 Å². The van der Waals surface area contributed by atoms with Crippen molar-refractivity contribution in [2.24, 2.45) is 11.3 Å². The van der Waals surface area contributed by atoms with Gasteiger partial charge in [-0.15, -0.1) is 0 Å². The Morgan fingerprint density at radius 2 is 1.81 bits per heavy atom. The van der Waals surface area contributed by atoms with Crippen molar-refractivity contribution in [3.8, 4) is 0 Å². The fraction of sp³-hybridized carbons (Fsp3) is 0.364. The fourth-order valence-corrected chi connectivity index (χ4v) is 4.12. The lowest BCUT2D eigenvalue weighted by Gasteiger charge is -2.23. The predicted molar refractivity (Wildman–Crippen MR) is 107 cm³/mol. The number of hydrogen-bond donors (Lipinski definition) is 2. The maximum atomic E-state index is 12.8. The summed E-state index contributed by atoms with van der Waals surface area (Å²) < 4.78 is 0. The van der Waals surface area contributed by atoms with Gasteiger partial charge in [-0.25, -0.2) is 0 Å². The first-order valence-electron chi connectivity index (χ1n) is 9.54. The second-order valence-electron chi connectivity index (χ2n) is 7.64. The molecule has 1 spiro atoms. The molecule has 27 heavy (non-hydrogen) atoms. The Kier molecular flexibility index (Phi) is 4.70. The lowest BCUT2D eigenvalue weighted by atomic mass is 9.92. The monoisotopic (exact) mass is 363 g/mol. The van der Waals surface area contributed by atoms with Crippen LogP contribution in [-0.4, -0.2) is 32.0 Å². The first kappa shape index (κ1) is 17.7. The minimum absolute atomic E-state index is 0.0814. The van der Waals surface area contributed by atoms with E-state index >= 15 is 0 Å². The van der Waals surface area contributed by atoms with E-state index in [1.54, 1.807) is 24.1 Å². The third kappa shape index (κ3) is 3.60. The number of anilines is 2. The van der Waals surface area contributed by atoms with Gasteiger partial charge in [-0.1, -0.05) is 24.3 Å². The molecule has 1 saturated carbocycles. The number of piperidine rings is 1. The molecule has 2 amide bonds. The number of amides is 2. The summed E-state index contributed by atoms with van der Waals surface area (Å²) in [5, 5.41) is 6.38. The van der Waals surface area contributed by atoms with Crippen LogP contribution in [0.25, 0.3) is 0 Å². The average Bonchev–Trinajstić information content (AvgIpc) is 3.41. The Bertz CT molecular complexity index is 844. The van der Waals surface area contributed by atoms with E-state index in [1.807, 2.05) is 42.5 Å². The molecule has 1 aliphatic heterocycles. The zero-order valence-corrected chi connectivity index (χ0v) is 15.6. The minimum atomic E-state index is -0.0986. The maximum absolute atomic E-state index is 12.8. The van der Waals surface area contributed by atoms with E-state index in [1.165, 1.54) is 0 Å². The van der Waals surface area contributed by atoms with Crippen molar-refractivity contribution in [2.75, 3.05) is 30.4 Å². The largest absolute Gasteiger partial charge is 0.326 e. The Hall–Kier alpha value is -2.66. The highest BCUT2D eigenvalue weighted by atomic mass is 16.2. The standard InChI is InChI=1S/C22H25N3O2/c1-25(18-8-3-2-4-9-18)21(27)16-6-5-7-17(14-16)24-20(26)19-15-22(19)10-12-23-13-11-22/h2-9,14,19,23H,10-13,15H2,1H3,(H,24,26). The van der Waals surface area contributed by atoms with Gasteiger partial charge in [0.05, 0.1) is 0 Å². The highest BCUT2D eigenvalue weighted by molar-refractivity contribution is 6.06. The normalized spacial score (nSPS) is 20.1. The summed E-state index contributed by atoms with van der Waals surface area (Å²) in [6, 6.07) is 16.7. The van der Waals surface area contributed by atoms with Crippen molar-refractivity contribution in [3.63, 3.8) is 0 Å². The second-order valence-corrected chi connectivity index (χ2v) is 7.64. The summed E-state index contributed by atoms with van der Waals surface area (Å²) in [5.74, 6) is 0.0856. The zero-order chi connectivity index (χ0) is 18.9. The molecule has 2 aromatic rings. The van der Waals surface area contributed by atoms with Crippen molar-refractivity contribution in [1.82, 2.24) is 5.32 Å². The summed E-state index contributed by atoms with van der Waals surface area (Å²) in [7, 11) is 1.76. The van der Waals surface area contributed by atoms with E-state index in [9.17, 15) is 9.59 Å². The number of para-hydroxylation sites is 1. The Morgan fingerprint density at radius 1 is 1.07 bits per heavy atom. The average molecular weight is 363 g/mol. The highest BCUT2D eigenvalue weighted by Crippen LogP contribution is 2.58. The number of benzene rings is 2. The molecule has 0 aromatic heterocycles. The molecule has 1 aliphatic carbocycles. The molecule has 5 nitrogen and oxygen atoms in total. The molecular weight excluding hydrogens is 338 g/mol. The topological polar surface area (TPSA) is 61.4 Å². The Morgan fingerprint density at radius 3 is 2.56 bits per heavy atom.